The molecular formula is C8H15ClN3O7P. The van der Waals surface area contributed by atoms with E-state index in [-0.39, 0.29) is 24.0 Å². The predicted octanol–water partition coefficient (Wildman–Crippen LogP) is 0.375. The zero-order valence-corrected chi connectivity index (χ0v) is 12.2. The third kappa shape index (κ3) is 6.29. The Bertz CT molecular complexity index is 402. The Morgan fingerprint density at radius 2 is 2.10 bits per heavy atom. The molecule has 0 spiro atoms. The predicted molar refractivity (Wildman–Crippen MR) is 68.8 cm³/mol. The fraction of sp³-hybridized carbons (Fsp3) is 0.750. The zero-order valence-electron chi connectivity index (χ0n) is 10.6. The normalized spacial score (nSPS) is 12.4. The molecular weight excluding hydrogens is 317 g/mol. The van der Waals surface area contributed by atoms with E-state index in [9.17, 15) is 19.1 Å². The highest BCUT2D eigenvalue weighted by Crippen LogP contribution is 2.45. The van der Waals surface area contributed by atoms with Crippen LogP contribution >= 0.6 is 19.2 Å². The van der Waals surface area contributed by atoms with Gasteiger partial charge in [-0.2, -0.15) is 5.01 Å². The van der Waals surface area contributed by atoms with Crippen molar-refractivity contribution < 1.29 is 28.7 Å². The number of carbonyl (C=O) groups is 2. The highest BCUT2D eigenvalue weighted by molar-refractivity contribution is 7.52. The van der Waals surface area contributed by atoms with Gasteiger partial charge < -0.3 is 19.8 Å². The number of carbonyl (C=O) groups excluding carboxylic acids is 2. The topological polar surface area (TPSA) is 146 Å². The van der Waals surface area contributed by atoms with Gasteiger partial charge in [0.05, 0.1) is 18.3 Å². The van der Waals surface area contributed by atoms with E-state index in [1.54, 1.807) is 0 Å². The van der Waals surface area contributed by atoms with Crippen LogP contribution in [0, 0.1) is 4.91 Å². The number of nitroso groups, excluding NO2 is 1. The van der Waals surface area contributed by atoms with Gasteiger partial charge in [0.15, 0.2) is 5.78 Å². The van der Waals surface area contributed by atoms with Gasteiger partial charge in [-0.1, -0.05) is 0 Å². The zero-order chi connectivity index (χ0) is 15.8. The maximum absolute atomic E-state index is 11.5. The van der Waals surface area contributed by atoms with Crippen molar-refractivity contribution in [3.8, 4) is 0 Å². The van der Waals surface area contributed by atoms with Gasteiger partial charge in [0.1, 0.15) is 0 Å². The van der Waals surface area contributed by atoms with Crippen molar-refractivity contribution in [1.29, 1.82) is 0 Å². The first-order chi connectivity index (χ1) is 9.27. The number of hydrogen-bond acceptors (Lipinski definition) is 6. The Hall–Kier alpha value is -1.22. The van der Waals surface area contributed by atoms with Gasteiger partial charge in [-0.05, 0) is 6.92 Å². The molecule has 20 heavy (non-hydrogen) atoms. The second kappa shape index (κ2) is 8.85. The van der Waals surface area contributed by atoms with E-state index < -0.39 is 31.8 Å². The highest BCUT2D eigenvalue weighted by atomic mass is 35.5. The molecule has 2 amide bonds. The highest BCUT2D eigenvalue weighted by Gasteiger charge is 2.41. The molecule has 0 fully saturated rings. The number of nitrogens with zero attached hydrogens (tertiary/aromatic N) is 2. The van der Waals surface area contributed by atoms with Crippen LogP contribution in [0.2, 0.25) is 0 Å². The summed E-state index contributed by atoms with van der Waals surface area (Å²) in [6.45, 7) is 1.44. The van der Waals surface area contributed by atoms with E-state index in [0.717, 1.165) is 0 Å². The van der Waals surface area contributed by atoms with Crippen LogP contribution in [0.4, 0.5) is 4.79 Å². The van der Waals surface area contributed by atoms with E-state index in [1.807, 2.05) is 0 Å². The van der Waals surface area contributed by atoms with Crippen LogP contribution in [0.3, 0.4) is 0 Å². The first-order valence-electron chi connectivity index (χ1n) is 5.45. The van der Waals surface area contributed by atoms with Crippen LogP contribution in [0.5, 0.6) is 0 Å². The second-order valence-electron chi connectivity index (χ2n) is 3.43. The summed E-state index contributed by atoms with van der Waals surface area (Å²) in [4.78, 5) is 51.7. The van der Waals surface area contributed by atoms with Crippen molar-refractivity contribution in [1.82, 2.24) is 10.3 Å². The number of urea groups is 1. The molecule has 0 heterocycles. The number of amides is 2. The van der Waals surface area contributed by atoms with Crippen molar-refractivity contribution in [2.24, 2.45) is 5.29 Å². The van der Waals surface area contributed by atoms with Crippen LogP contribution in [0.15, 0.2) is 5.29 Å². The van der Waals surface area contributed by atoms with Crippen LogP contribution in [0.25, 0.3) is 0 Å². The largest absolute Gasteiger partial charge is 0.466 e. The van der Waals surface area contributed by atoms with Gasteiger partial charge in [0, 0.05) is 12.4 Å². The molecule has 0 aromatic rings. The van der Waals surface area contributed by atoms with E-state index in [0.29, 0.717) is 0 Å². The molecule has 12 heteroatoms. The Balaban J connectivity index is 5.07. The minimum atomic E-state index is -4.97. The molecule has 1 atom stereocenters. The van der Waals surface area contributed by atoms with Gasteiger partial charge in [-0.25, -0.2) is 4.79 Å². The average Bonchev–Trinajstić information content (AvgIpc) is 2.35. The standard InChI is InChI=1S/C8H15ClN3O7P/c1-2-19-7(13)5-6(20(16,17)18)12(11-15)8(14)10-4-3-9/h6H,2-5H2,1H3,(H,10,14)(H2,16,17,18). The Morgan fingerprint density at radius 3 is 2.50 bits per heavy atom. The molecule has 0 saturated carbocycles. The molecule has 0 aliphatic carbocycles. The first-order valence-corrected chi connectivity index (χ1v) is 7.66. The van der Waals surface area contributed by atoms with Crippen molar-refractivity contribution in [3.05, 3.63) is 4.91 Å². The second-order valence-corrected chi connectivity index (χ2v) is 5.58. The fourth-order valence-corrected chi connectivity index (χ4v) is 2.09. The minimum absolute atomic E-state index is 0.0142. The summed E-state index contributed by atoms with van der Waals surface area (Å²) < 4.78 is 15.8. The molecule has 3 N–H and O–H groups in total. The Labute approximate surface area is 119 Å². The lowest BCUT2D eigenvalue weighted by Gasteiger charge is -2.24. The molecule has 0 rings (SSSR count). The van der Waals surface area contributed by atoms with E-state index in [1.165, 1.54) is 6.92 Å². The summed E-state index contributed by atoms with van der Waals surface area (Å²) in [6.07, 6.45) is -0.863. The number of halogens is 1. The van der Waals surface area contributed by atoms with E-state index >= 15 is 0 Å². The number of esters is 1. The van der Waals surface area contributed by atoms with Gasteiger partial charge in [-0.3, -0.25) is 9.36 Å². The summed E-state index contributed by atoms with van der Waals surface area (Å²) in [5.41, 5.74) is 0. The molecule has 0 bridgehead atoms. The number of rotatable bonds is 8. The number of ether oxygens (including phenoxy) is 1. The number of hydrogen-bond donors (Lipinski definition) is 3. The molecule has 0 aliphatic rings. The SMILES string of the molecule is CCOC(=O)CC(N(N=O)C(=O)NCCCl)P(=O)(O)O. The lowest BCUT2D eigenvalue weighted by Crippen LogP contribution is -2.44. The van der Waals surface area contributed by atoms with Crippen LogP contribution in [0.1, 0.15) is 13.3 Å². The lowest BCUT2D eigenvalue weighted by atomic mass is 10.4. The van der Waals surface area contributed by atoms with Crippen molar-refractivity contribution in [2.45, 2.75) is 19.1 Å². The Kier molecular flexibility index (Phi) is 8.31. The van der Waals surface area contributed by atoms with E-state index in [2.05, 4.69) is 15.3 Å². The van der Waals surface area contributed by atoms with E-state index in [4.69, 9.17) is 21.4 Å². The van der Waals surface area contributed by atoms with Crippen molar-refractivity contribution in [3.63, 3.8) is 0 Å². The first kappa shape index (κ1) is 18.8. The Morgan fingerprint density at radius 1 is 1.50 bits per heavy atom. The molecule has 0 aromatic carbocycles. The molecule has 116 valence electrons. The smallest absolute Gasteiger partial charge is 0.350 e. The number of nitrogens with one attached hydrogen (secondary N) is 1. The van der Waals surface area contributed by atoms with Gasteiger partial charge >= 0.3 is 19.6 Å². The molecule has 0 saturated heterocycles. The van der Waals surface area contributed by atoms with Gasteiger partial charge in [-0.15, -0.1) is 16.5 Å². The van der Waals surface area contributed by atoms with Crippen LogP contribution < -0.4 is 5.32 Å². The summed E-state index contributed by atoms with van der Waals surface area (Å²) in [5, 5.41) is 4.33. The fourth-order valence-electron chi connectivity index (χ4n) is 1.18. The summed E-state index contributed by atoms with van der Waals surface area (Å²) in [6, 6.07) is -1.17. The quantitative estimate of drug-likeness (QED) is 0.191. The van der Waals surface area contributed by atoms with Crippen LogP contribution in [-0.2, 0) is 14.1 Å². The molecule has 0 aromatic heterocycles. The molecule has 1 unspecified atom stereocenters. The summed E-state index contributed by atoms with van der Waals surface area (Å²) in [5.74, 6) is -2.98. The molecule has 10 nitrogen and oxygen atoms in total. The maximum atomic E-state index is 11.5. The molecule has 0 radical (unpaired) electrons. The summed E-state index contributed by atoms with van der Waals surface area (Å²) >= 11 is 5.32. The van der Waals surface area contributed by atoms with Crippen LogP contribution in [-0.4, -0.2) is 51.6 Å². The monoisotopic (exact) mass is 331 g/mol. The van der Waals surface area contributed by atoms with Gasteiger partial charge in [0.2, 0.25) is 0 Å². The maximum Gasteiger partial charge on any atom is 0.350 e. The average molecular weight is 332 g/mol. The van der Waals surface area contributed by atoms with Crippen molar-refractivity contribution >= 4 is 31.2 Å². The summed E-state index contributed by atoms with van der Waals surface area (Å²) in [7, 11) is -4.97. The third-order valence-electron chi connectivity index (χ3n) is 1.99. The third-order valence-corrected chi connectivity index (χ3v) is 3.36. The van der Waals surface area contributed by atoms with Crippen molar-refractivity contribution in [2.75, 3.05) is 19.0 Å². The molecule has 0 aliphatic heterocycles. The minimum Gasteiger partial charge on any atom is -0.466 e. The number of alkyl halides is 1. The lowest BCUT2D eigenvalue weighted by molar-refractivity contribution is -0.143. The van der Waals surface area contributed by atoms with Gasteiger partial charge in [0.25, 0.3) is 0 Å².